The molecule has 11 nitrogen and oxygen atoms in total. The van der Waals surface area contributed by atoms with Crippen LogP contribution < -0.4 is 15.4 Å². The molecule has 0 aliphatic carbocycles. The van der Waals surface area contributed by atoms with E-state index in [1.54, 1.807) is 6.07 Å². The summed E-state index contributed by atoms with van der Waals surface area (Å²) in [7, 11) is -3.48. The number of amides is 2. The zero-order chi connectivity index (χ0) is 27.4. The van der Waals surface area contributed by atoms with Crippen molar-refractivity contribution in [2.75, 3.05) is 6.26 Å². The second-order valence-electron chi connectivity index (χ2n) is 8.48. The highest BCUT2D eigenvalue weighted by molar-refractivity contribution is 7.88. The van der Waals surface area contributed by atoms with Gasteiger partial charge >= 0.3 is 6.03 Å². The summed E-state index contributed by atoms with van der Waals surface area (Å²) >= 11 is 1.31. The number of fused-ring (bicyclic) bond motifs is 1. The monoisotopic (exact) mass is 567 g/mol. The molecule has 2 amide bonds. The standard InChI is InChI=1S/C25H22FN7O4S2/c1-39(35,36)29-14-21-32-33-23(37-21)22(31-25(34)28-12-15-5-3-2-4-6-15)24-30-18-9-7-16(11-19(18)38-24)17-8-10-20(26)27-13-17/h2-11,13,22,29H,12,14H2,1H3,(H2,28,31,34). The van der Waals surface area contributed by atoms with Crippen molar-refractivity contribution in [3.8, 4) is 11.1 Å². The normalized spacial score (nSPS) is 12.4. The third kappa shape index (κ3) is 6.79. The first-order valence-corrected chi connectivity index (χ1v) is 14.3. The lowest BCUT2D eigenvalue weighted by Gasteiger charge is -2.14. The smallest absolute Gasteiger partial charge is 0.316 e. The molecule has 2 aromatic carbocycles. The topological polar surface area (TPSA) is 152 Å². The maximum absolute atomic E-state index is 13.3. The minimum atomic E-state index is -3.48. The van der Waals surface area contributed by atoms with E-state index in [2.05, 4.69) is 35.5 Å². The van der Waals surface area contributed by atoms with Gasteiger partial charge in [-0.05, 0) is 35.4 Å². The van der Waals surface area contributed by atoms with Crippen LogP contribution in [0.15, 0.2) is 71.3 Å². The molecule has 0 radical (unpaired) electrons. The van der Waals surface area contributed by atoms with Crippen molar-refractivity contribution >= 4 is 37.6 Å². The van der Waals surface area contributed by atoms with Crippen LogP contribution >= 0.6 is 11.3 Å². The molecule has 3 N–H and O–H groups in total. The fourth-order valence-electron chi connectivity index (χ4n) is 3.63. The van der Waals surface area contributed by atoms with Crippen molar-refractivity contribution in [2.45, 2.75) is 19.1 Å². The molecule has 1 atom stereocenters. The second-order valence-corrected chi connectivity index (χ2v) is 11.4. The predicted molar refractivity (Wildman–Crippen MR) is 142 cm³/mol. The SMILES string of the molecule is CS(=O)(=O)NCc1nnc(C(NC(=O)NCc2ccccc2)c2nc3ccc(-c4ccc(F)nc4)cc3s2)o1. The first-order chi connectivity index (χ1) is 18.7. The number of benzene rings is 2. The molecule has 0 saturated carbocycles. The molecular formula is C25H22FN7O4S2. The van der Waals surface area contributed by atoms with Gasteiger partial charge in [0, 0.05) is 18.3 Å². The summed E-state index contributed by atoms with van der Waals surface area (Å²) in [5, 5.41) is 14.0. The Hall–Kier alpha value is -4.27. The van der Waals surface area contributed by atoms with Crippen LogP contribution in [0.25, 0.3) is 21.3 Å². The zero-order valence-corrected chi connectivity index (χ0v) is 22.1. The molecule has 0 bridgehead atoms. The summed E-state index contributed by atoms with van der Waals surface area (Å²) in [5.74, 6) is -0.499. The highest BCUT2D eigenvalue weighted by Crippen LogP contribution is 2.32. The number of hydrogen-bond acceptors (Lipinski definition) is 9. The average molecular weight is 568 g/mol. The van der Waals surface area contributed by atoms with Crippen LogP contribution in [0.5, 0.6) is 0 Å². The summed E-state index contributed by atoms with van der Waals surface area (Å²) in [6, 6.07) is 16.5. The number of pyridine rings is 1. The van der Waals surface area contributed by atoms with E-state index in [1.165, 1.54) is 23.6 Å². The van der Waals surface area contributed by atoms with Gasteiger partial charge in [0.25, 0.3) is 0 Å². The van der Waals surface area contributed by atoms with Gasteiger partial charge in [-0.3, -0.25) is 0 Å². The maximum atomic E-state index is 13.3. The number of urea groups is 1. The average Bonchev–Trinajstić information content (AvgIpc) is 3.57. The molecule has 5 rings (SSSR count). The van der Waals surface area contributed by atoms with Crippen molar-refractivity contribution in [3.63, 3.8) is 0 Å². The number of aromatic nitrogens is 4. The molecule has 200 valence electrons. The van der Waals surface area contributed by atoms with Gasteiger partial charge in [0.05, 0.1) is 23.0 Å². The minimum Gasteiger partial charge on any atom is -0.421 e. The third-order valence-electron chi connectivity index (χ3n) is 5.50. The summed E-state index contributed by atoms with van der Waals surface area (Å²) in [4.78, 5) is 21.2. The molecule has 0 aliphatic rings. The lowest BCUT2D eigenvalue weighted by Crippen LogP contribution is -2.38. The number of nitrogens with one attached hydrogen (secondary N) is 3. The zero-order valence-electron chi connectivity index (χ0n) is 20.5. The quantitative estimate of drug-likeness (QED) is 0.229. The number of carbonyl (C=O) groups is 1. The first-order valence-electron chi connectivity index (χ1n) is 11.6. The van der Waals surface area contributed by atoms with Crippen LogP contribution in [0.2, 0.25) is 0 Å². The minimum absolute atomic E-state index is 0.0270. The molecular weight excluding hydrogens is 545 g/mol. The van der Waals surface area contributed by atoms with E-state index in [0.29, 0.717) is 17.1 Å². The molecule has 39 heavy (non-hydrogen) atoms. The van der Waals surface area contributed by atoms with Gasteiger partial charge in [-0.2, -0.15) is 4.39 Å². The Labute approximate surface area is 226 Å². The van der Waals surface area contributed by atoms with Crippen molar-refractivity contribution in [2.24, 2.45) is 0 Å². The Kier molecular flexibility index (Phi) is 7.58. The lowest BCUT2D eigenvalue weighted by molar-refractivity contribution is 0.236. The van der Waals surface area contributed by atoms with Gasteiger partial charge in [0.15, 0.2) is 6.04 Å². The molecule has 0 fully saturated rings. The van der Waals surface area contributed by atoms with Gasteiger partial charge < -0.3 is 15.1 Å². The van der Waals surface area contributed by atoms with E-state index in [1.807, 2.05) is 48.5 Å². The van der Waals surface area contributed by atoms with Crippen LogP contribution in [-0.4, -0.2) is 40.9 Å². The molecule has 3 heterocycles. The summed E-state index contributed by atoms with van der Waals surface area (Å²) in [5.41, 5.74) is 3.15. The first kappa shape index (κ1) is 26.3. The van der Waals surface area contributed by atoms with E-state index in [0.717, 1.165) is 27.6 Å². The molecule has 3 aromatic heterocycles. The highest BCUT2D eigenvalue weighted by atomic mass is 32.2. The van der Waals surface area contributed by atoms with E-state index in [9.17, 15) is 17.6 Å². The number of nitrogens with zero attached hydrogens (tertiary/aromatic N) is 4. The Bertz CT molecular complexity index is 1710. The van der Waals surface area contributed by atoms with Crippen LogP contribution in [0, 0.1) is 5.95 Å². The highest BCUT2D eigenvalue weighted by Gasteiger charge is 2.27. The number of rotatable bonds is 9. The molecule has 5 aromatic rings. The van der Waals surface area contributed by atoms with Gasteiger partial charge in [-0.25, -0.2) is 27.9 Å². The van der Waals surface area contributed by atoms with Crippen molar-refractivity contribution < 1.29 is 22.0 Å². The van der Waals surface area contributed by atoms with Gasteiger partial charge in [0.1, 0.15) is 5.01 Å². The Balaban J connectivity index is 1.42. The number of thiazole rings is 1. The number of carbonyl (C=O) groups excluding carboxylic acids is 1. The largest absolute Gasteiger partial charge is 0.421 e. The summed E-state index contributed by atoms with van der Waals surface area (Å²) in [6.07, 6.45) is 2.47. The Morgan fingerprint density at radius 3 is 2.59 bits per heavy atom. The molecule has 0 aliphatic heterocycles. The van der Waals surface area contributed by atoms with E-state index >= 15 is 0 Å². The number of sulfonamides is 1. The van der Waals surface area contributed by atoms with Gasteiger partial charge in [0.2, 0.25) is 27.8 Å². The predicted octanol–water partition coefficient (Wildman–Crippen LogP) is 3.52. The third-order valence-corrected chi connectivity index (χ3v) is 7.25. The molecule has 14 heteroatoms. The van der Waals surface area contributed by atoms with Crippen LogP contribution in [0.3, 0.4) is 0 Å². The summed E-state index contributed by atoms with van der Waals surface area (Å²) in [6.45, 7) is 0.0926. The van der Waals surface area contributed by atoms with Gasteiger partial charge in [-0.1, -0.05) is 36.4 Å². The van der Waals surface area contributed by atoms with E-state index in [4.69, 9.17) is 4.42 Å². The fraction of sp³-hybridized carbons (Fsp3) is 0.160. The van der Waals surface area contributed by atoms with Crippen molar-refractivity contribution in [1.82, 2.24) is 35.5 Å². The van der Waals surface area contributed by atoms with Crippen LogP contribution in [0.1, 0.15) is 28.4 Å². The van der Waals surface area contributed by atoms with Crippen LogP contribution in [-0.2, 0) is 23.1 Å². The maximum Gasteiger partial charge on any atom is 0.316 e. The van der Waals surface area contributed by atoms with Crippen molar-refractivity contribution in [1.29, 1.82) is 0 Å². The Morgan fingerprint density at radius 1 is 1.05 bits per heavy atom. The van der Waals surface area contributed by atoms with E-state index < -0.39 is 28.0 Å². The lowest BCUT2D eigenvalue weighted by atomic mass is 10.1. The molecule has 0 spiro atoms. The van der Waals surface area contributed by atoms with E-state index in [-0.39, 0.29) is 18.3 Å². The summed E-state index contributed by atoms with van der Waals surface area (Å²) < 4.78 is 44.9. The second kappa shape index (κ2) is 11.2. The van der Waals surface area contributed by atoms with Crippen molar-refractivity contribution in [3.05, 3.63) is 95.2 Å². The molecule has 0 saturated heterocycles. The van der Waals surface area contributed by atoms with Crippen LogP contribution in [0.4, 0.5) is 9.18 Å². The number of halogens is 1. The molecule has 1 unspecified atom stereocenters. The van der Waals surface area contributed by atoms with Gasteiger partial charge in [-0.15, -0.1) is 21.5 Å². The number of hydrogen-bond donors (Lipinski definition) is 3. The fourth-order valence-corrected chi connectivity index (χ4v) is 5.07. The Morgan fingerprint density at radius 2 is 1.85 bits per heavy atom.